The molecular formula is C18H14Na3O9S3. The van der Waals surface area contributed by atoms with Crippen LogP contribution < -0.4 is 0 Å². The van der Waals surface area contributed by atoms with E-state index in [1.807, 2.05) is 0 Å². The first-order chi connectivity index (χ1) is 13.8. The first-order valence-electron chi connectivity index (χ1n) is 8.06. The minimum absolute atomic E-state index is 0. The van der Waals surface area contributed by atoms with Gasteiger partial charge >= 0.3 is 0 Å². The summed E-state index contributed by atoms with van der Waals surface area (Å²) in [4.78, 5) is -3.58. The van der Waals surface area contributed by atoms with Crippen LogP contribution >= 0.6 is 0 Å². The fourth-order valence-electron chi connectivity index (χ4n) is 3.05. The Labute approximate surface area is 258 Å². The van der Waals surface area contributed by atoms with E-state index >= 15 is 0 Å². The average Bonchev–Trinajstić information content (AvgIpc) is 2.65. The van der Waals surface area contributed by atoms with Gasteiger partial charge in [-0.15, -0.1) is 0 Å². The number of hydrogen-bond donors (Lipinski definition) is 3. The zero-order valence-electron chi connectivity index (χ0n) is 17.9. The van der Waals surface area contributed by atoms with Crippen molar-refractivity contribution in [2.75, 3.05) is 0 Å². The topological polar surface area (TPSA) is 163 Å². The zero-order valence-corrected chi connectivity index (χ0v) is 26.3. The summed E-state index contributed by atoms with van der Waals surface area (Å²) in [5.74, 6) is 0. The SMILES string of the molecule is O=S(=O)(O)c1ccc(S(=O)(=O)O)c(S(=O)(=O)O)c1-c1ccccc1-c1ccccc1.[Na].[Na].[Na]. The quantitative estimate of drug-likeness (QED) is 0.323. The number of hydrogen-bond acceptors (Lipinski definition) is 6. The van der Waals surface area contributed by atoms with E-state index in [0.29, 0.717) is 17.7 Å². The molecule has 0 aromatic heterocycles. The molecule has 0 saturated carbocycles. The van der Waals surface area contributed by atoms with Crippen molar-refractivity contribution in [2.24, 2.45) is 0 Å². The monoisotopic (exact) mass is 539 g/mol. The van der Waals surface area contributed by atoms with Crippen molar-refractivity contribution in [3.63, 3.8) is 0 Å². The van der Waals surface area contributed by atoms with Gasteiger partial charge in [0.25, 0.3) is 30.4 Å². The molecule has 0 unspecified atom stereocenters. The Balaban J connectivity index is 0.00000341. The molecule has 15 heteroatoms. The van der Waals surface area contributed by atoms with Crippen LogP contribution in [0.25, 0.3) is 22.3 Å². The molecule has 0 aliphatic carbocycles. The van der Waals surface area contributed by atoms with Crippen molar-refractivity contribution in [1.82, 2.24) is 0 Å². The number of rotatable bonds is 5. The molecule has 0 aliphatic heterocycles. The molecule has 33 heavy (non-hydrogen) atoms. The van der Waals surface area contributed by atoms with Crippen LogP contribution in [-0.4, -0.2) is 128 Å². The maximum absolute atomic E-state index is 12.1. The molecule has 3 rings (SSSR count). The van der Waals surface area contributed by atoms with Crippen molar-refractivity contribution >= 4 is 119 Å². The summed E-state index contributed by atoms with van der Waals surface area (Å²) < 4.78 is 101. The van der Waals surface area contributed by atoms with E-state index < -0.39 is 50.6 Å². The van der Waals surface area contributed by atoms with E-state index in [-0.39, 0.29) is 99.8 Å². The second-order valence-electron chi connectivity index (χ2n) is 6.10. The Morgan fingerprint density at radius 1 is 0.485 bits per heavy atom. The molecule has 3 aromatic carbocycles. The molecule has 3 radical (unpaired) electrons. The van der Waals surface area contributed by atoms with Crippen LogP contribution in [0.4, 0.5) is 0 Å². The predicted molar refractivity (Wildman–Crippen MR) is 124 cm³/mol. The van der Waals surface area contributed by atoms with Crippen LogP contribution in [0.3, 0.4) is 0 Å². The van der Waals surface area contributed by atoms with Crippen LogP contribution in [0.1, 0.15) is 0 Å². The summed E-state index contributed by atoms with van der Waals surface area (Å²) in [5.41, 5.74) is -0.127. The van der Waals surface area contributed by atoms with E-state index in [2.05, 4.69) is 0 Å². The molecule has 0 bridgehead atoms. The Kier molecular flexibility index (Phi) is 12.7. The Hall–Kier alpha value is 0.390. The maximum Gasteiger partial charge on any atom is 0.296 e. The Bertz CT molecular complexity index is 1460. The van der Waals surface area contributed by atoms with Gasteiger partial charge in [0.2, 0.25) is 0 Å². The number of benzene rings is 3. The first kappa shape index (κ1) is 33.4. The fraction of sp³-hybridized carbons (Fsp3) is 0. The summed E-state index contributed by atoms with van der Waals surface area (Å²) in [5, 5.41) is 0. The average molecular weight is 539 g/mol. The predicted octanol–water partition coefficient (Wildman–Crippen LogP) is 1.62. The summed E-state index contributed by atoms with van der Waals surface area (Å²) in [7, 11) is -15.7. The second kappa shape index (κ2) is 12.6. The van der Waals surface area contributed by atoms with Gasteiger partial charge in [-0.3, -0.25) is 13.7 Å². The van der Waals surface area contributed by atoms with Gasteiger partial charge in [-0.1, -0.05) is 54.6 Å². The Morgan fingerprint density at radius 2 is 0.909 bits per heavy atom. The minimum Gasteiger partial charge on any atom is -0.282 e. The normalized spacial score (nSPS) is 11.5. The second-order valence-corrected chi connectivity index (χ2v) is 10.2. The minimum atomic E-state index is -5.39. The largest absolute Gasteiger partial charge is 0.296 e. The molecule has 161 valence electrons. The first-order valence-corrected chi connectivity index (χ1v) is 12.4. The van der Waals surface area contributed by atoms with Gasteiger partial charge in [-0.05, 0) is 28.8 Å². The van der Waals surface area contributed by atoms with Gasteiger partial charge in [0.05, 0.1) is 0 Å². The molecular weight excluding hydrogens is 525 g/mol. The van der Waals surface area contributed by atoms with Gasteiger partial charge in [0, 0.05) is 94.2 Å². The molecule has 0 fully saturated rings. The van der Waals surface area contributed by atoms with E-state index in [1.165, 1.54) is 18.2 Å². The van der Waals surface area contributed by atoms with E-state index in [4.69, 9.17) is 0 Å². The van der Waals surface area contributed by atoms with Crippen molar-refractivity contribution in [3.8, 4) is 22.3 Å². The molecule has 9 nitrogen and oxygen atoms in total. The fourth-order valence-corrected chi connectivity index (χ4v) is 5.83. The van der Waals surface area contributed by atoms with E-state index in [0.717, 1.165) is 0 Å². The van der Waals surface area contributed by atoms with Crippen LogP contribution in [0.15, 0.2) is 81.4 Å². The van der Waals surface area contributed by atoms with Gasteiger partial charge in [0.1, 0.15) is 14.7 Å². The van der Waals surface area contributed by atoms with Crippen LogP contribution in [-0.2, 0) is 30.4 Å². The van der Waals surface area contributed by atoms with Gasteiger partial charge in [0.15, 0.2) is 0 Å². The van der Waals surface area contributed by atoms with Crippen molar-refractivity contribution in [2.45, 2.75) is 14.7 Å². The molecule has 0 amide bonds. The van der Waals surface area contributed by atoms with E-state index in [1.54, 1.807) is 36.4 Å². The third kappa shape index (κ3) is 7.68. The van der Waals surface area contributed by atoms with Crippen LogP contribution in [0, 0.1) is 0 Å². The molecule has 3 aromatic rings. The molecule has 0 saturated heterocycles. The van der Waals surface area contributed by atoms with E-state index in [9.17, 15) is 38.9 Å². The molecule has 0 heterocycles. The van der Waals surface area contributed by atoms with Gasteiger partial charge < -0.3 is 0 Å². The summed E-state index contributed by atoms with van der Waals surface area (Å²) in [6.07, 6.45) is 0. The summed E-state index contributed by atoms with van der Waals surface area (Å²) in [6, 6.07) is 15.2. The van der Waals surface area contributed by atoms with Crippen LogP contribution in [0.2, 0.25) is 0 Å². The smallest absolute Gasteiger partial charge is 0.282 e. The van der Waals surface area contributed by atoms with Gasteiger partial charge in [-0.2, -0.15) is 25.3 Å². The zero-order chi connectivity index (χ0) is 22.3. The van der Waals surface area contributed by atoms with Crippen LogP contribution in [0.5, 0.6) is 0 Å². The molecule has 0 atom stereocenters. The summed E-state index contributed by atoms with van der Waals surface area (Å²) >= 11 is 0. The molecule has 0 aliphatic rings. The third-order valence-electron chi connectivity index (χ3n) is 4.18. The van der Waals surface area contributed by atoms with Crippen molar-refractivity contribution < 1.29 is 38.9 Å². The van der Waals surface area contributed by atoms with Gasteiger partial charge in [-0.25, -0.2) is 0 Å². The van der Waals surface area contributed by atoms with Crippen molar-refractivity contribution in [1.29, 1.82) is 0 Å². The summed E-state index contributed by atoms with van der Waals surface area (Å²) in [6.45, 7) is 0. The third-order valence-corrected chi connectivity index (χ3v) is 7.04. The Morgan fingerprint density at radius 3 is 1.36 bits per heavy atom. The molecule has 3 N–H and O–H groups in total. The van der Waals surface area contributed by atoms with Crippen molar-refractivity contribution in [3.05, 3.63) is 66.7 Å². The standard InChI is InChI=1S/C18H14O9S3.3Na/c19-28(20,21)15-10-11-16(29(22,23)24)18(30(25,26)27)17(15)14-9-5-4-8-13(14)12-6-2-1-3-7-12;;;/h1-11H,(H,19,20,21)(H,22,23,24)(H,25,26,27);;;. The maximum atomic E-state index is 12.1. The molecule has 0 spiro atoms.